The van der Waals surface area contributed by atoms with Crippen LogP contribution in [0.5, 0.6) is 0 Å². The van der Waals surface area contributed by atoms with Crippen molar-refractivity contribution in [2.75, 3.05) is 19.6 Å². The topological polar surface area (TPSA) is 51.0 Å². The smallest absolute Gasteiger partial charge is 0.184 e. The number of pyridine rings is 1. The second-order valence-corrected chi connectivity index (χ2v) is 8.90. The lowest BCUT2D eigenvalue weighted by Crippen LogP contribution is -2.34. The highest BCUT2D eigenvalue weighted by Gasteiger charge is 2.24. The summed E-state index contributed by atoms with van der Waals surface area (Å²) in [5, 5.41) is 5.52. The number of piperidine rings is 1. The second-order valence-electron chi connectivity index (χ2n) is 8.90. The summed E-state index contributed by atoms with van der Waals surface area (Å²) < 4.78 is 1.77. The molecule has 2 aromatic heterocycles. The first kappa shape index (κ1) is 19.6. The van der Waals surface area contributed by atoms with E-state index in [4.69, 9.17) is 0 Å². The zero-order valence-corrected chi connectivity index (χ0v) is 17.5. The van der Waals surface area contributed by atoms with E-state index in [1.807, 2.05) is 13.2 Å². The Bertz CT molecular complexity index is 813. The predicted octanol–water partition coefficient (Wildman–Crippen LogP) is 4.40. The molecule has 4 rings (SSSR count). The monoisotopic (exact) mass is 382 g/mol. The third kappa shape index (κ3) is 4.29. The first-order valence-electron chi connectivity index (χ1n) is 11.2. The van der Waals surface area contributed by atoms with E-state index >= 15 is 0 Å². The molecule has 3 heterocycles. The zero-order chi connectivity index (χ0) is 19.5. The quantitative estimate of drug-likeness (QED) is 0.695. The van der Waals surface area contributed by atoms with Crippen LogP contribution < -0.4 is 0 Å². The van der Waals surface area contributed by atoms with Gasteiger partial charge in [0.2, 0.25) is 0 Å². The van der Waals surface area contributed by atoms with Crippen molar-refractivity contribution < 1.29 is 4.79 Å². The molecule has 0 bridgehead atoms. The van der Waals surface area contributed by atoms with Gasteiger partial charge < -0.3 is 4.90 Å². The van der Waals surface area contributed by atoms with Gasteiger partial charge in [0, 0.05) is 19.7 Å². The molecule has 0 atom stereocenters. The number of carbonyl (C=O) groups excluding carboxylic acids is 1. The van der Waals surface area contributed by atoms with Gasteiger partial charge in [-0.2, -0.15) is 5.10 Å². The Balaban J connectivity index is 1.49. The van der Waals surface area contributed by atoms with Gasteiger partial charge in [-0.15, -0.1) is 0 Å². The van der Waals surface area contributed by atoms with Crippen molar-refractivity contribution in [3.63, 3.8) is 0 Å². The van der Waals surface area contributed by atoms with Crippen LogP contribution in [0.2, 0.25) is 0 Å². The normalized spacial score (nSPS) is 20.1. The van der Waals surface area contributed by atoms with Crippen LogP contribution in [0.3, 0.4) is 0 Å². The highest BCUT2D eigenvalue weighted by atomic mass is 16.1. The summed E-state index contributed by atoms with van der Waals surface area (Å²) >= 11 is 0. The Hall–Kier alpha value is -1.75. The number of likely N-dealkylation sites (tertiary alicyclic amines) is 1. The predicted molar refractivity (Wildman–Crippen MR) is 113 cm³/mol. The Morgan fingerprint density at radius 3 is 2.57 bits per heavy atom. The summed E-state index contributed by atoms with van der Waals surface area (Å²) in [7, 11) is 1.90. The van der Waals surface area contributed by atoms with E-state index in [0.29, 0.717) is 18.0 Å². The molecule has 0 amide bonds. The molecule has 0 spiro atoms. The highest BCUT2D eigenvalue weighted by Crippen LogP contribution is 2.29. The molecule has 5 heteroatoms. The van der Waals surface area contributed by atoms with Crippen LogP contribution in [0, 0.1) is 11.8 Å². The van der Waals surface area contributed by atoms with Crippen LogP contribution in [0.1, 0.15) is 74.3 Å². The molecular weight excluding hydrogens is 348 g/mol. The van der Waals surface area contributed by atoms with E-state index in [0.717, 1.165) is 55.8 Å². The number of ketones is 1. The minimum Gasteiger partial charge on any atom is -0.304 e. The number of nitrogens with zero attached hydrogens (tertiary/aromatic N) is 4. The van der Waals surface area contributed by atoms with Gasteiger partial charge in [0.25, 0.3) is 0 Å². The third-order valence-corrected chi connectivity index (χ3v) is 6.88. The van der Waals surface area contributed by atoms with Gasteiger partial charge in [0.15, 0.2) is 11.4 Å². The Kier molecular flexibility index (Phi) is 6.10. The molecule has 1 saturated heterocycles. The molecule has 2 fully saturated rings. The standard InChI is InChI=1S/C23H34N4O/c1-3-27-11-9-18(10-12-27)15-21(28)22-20-14-19(13-17-7-5-4-6-8-17)16-24-23(20)26(2)25-22/h14,16-18H,3-13,15H2,1-2H3. The Morgan fingerprint density at radius 2 is 1.86 bits per heavy atom. The van der Waals surface area contributed by atoms with E-state index in [1.165, 1.54) is 37.7 Å². The molecule has 1 saturated carbocycles. The van der Waals surface area contributed by atoms with Crippen molar-refractivity contribution in [3.8, 4) is 0 Å². The van der Waals surface area contributed by atoms with E-state index in [2.05, 4.69) is 28.0 Å². The maximum absolute atomic E-state index is 13.1. The fourth-order valence-electron chi connectivity index (χ4n) is 5.09. The van der Waals surface area contributed by atoms with Crippen LogP contribution in [0.4, 0.5) is 0 Å². The lowest BCUT2D eigenvalue weighted by Gasteiger charge is -2.30. The van der Waals surface area contributed by atoms with Crippen LogP contribution >= 0.6 is 0 Å². The number of rotatable bonds is 6. The van der Waals surface area contributed by atoms with Crippen molar-refractivity contribution in [2.24, 2.45) is 18.9 Å². The average Bonchev–Trinajstić information content (AvgIpc) is 3.05. The average molecular weight is 383 g/mol. The summed E-state index contributed by atoms with van der Waals surface area (Å²) in [6.45, 7) is 5.55. The lowest BCUT2D eigenvalue weighted by atomic mass is 9.85. The second kappa shape index (κ2) is 8.73. The van der Waals surface area contributed by atoms with Gasteiger partial charge >= 0.3 is 0 Å². The minimum absolute atomic E-state index is 0.192. The Labute approximate surface area is 168 Å². The van der Waals surface area contributed by atoms with Crippen molar-refractivity contribution >= 4 is 16.8 Å². The molecule has 0 radical (unpaired) electrons. The number of hydrogen-bond donors (Lipinski definition) is 0. The van der Waals surface area contributed by atoms with Crippen molar-refractivity contribution in [1.29, 1.82) is 0 Å². The number of Topliss-reactive ketones (excluding diaryl/α,β-unsaturated/α-hetero) is 1. The summed E-state index contributed by atoms with van der Waals surface area (Å²) in [5.41, 5.74) is 2.72. The number of carbonyl (C=O) groups is 1. The Morgan fingerprint density at radius 1 is 1.11 bits per heavy atom. The van der Waals surface area contributed by atoms with Gasteiger partial charge in [-0.05, 0) is 62.4 Å². The van der Waals surface area contributed by atoms with Crippen molar-refractivity contribution in [2.45, 2.75) is 64.7 Å². The van der Waals surface area contributed by atoms with E-state index < -0.39 is 0 Å². The van der Waals surface area contributed by atoms with E-state index in [1.54, 1.807) is 4.68 Å². The molecule has 1 aliphatic heterocycles. The van der Waals surface area contributed by atoms with Crippen molar-refractivity contribution in [1.82, 2.24) is 19.7 Å². The van der Waals surface area contributed by atoms with Crippen LogP contribution in [-0.4, -0.2) is 45.1 Å². The lowest BCUT2D eigenvalue weighted by molar-refractivity contribution is 0.0926. The third-order valence-electron chi connectivity index (χ3n) is 6.88. The maximum Gasteiger partial charge on any atom is 0.184 e. The zero-order valence-electron chi connectivity index (χ0n) is 17.5. The molecular formula is C23H34N4O. The van der Waals surface area contributed by atoms with Gasteiger partial charge in [-0.1, -0.05) is 39.0 Å². The fourth-order valence-corrected chi connectivity index (χ4v) is 5.09. The molecule has 1 aliphatic carbocycles. The first-order chi connectivity index (χ1) is 13.6. The number of hydrogen-bond acceptors (Lipinski definition) is 4. The van der Waals surface area contributed by atoms with Gasteiger partial charge in [-0.3, -0.25) is 4.79 Å². The van der Waals surface area contributed by atoms with Gasteiger partial charge in [-0.25, -0.2) is 9.67 Å². The molecule has 0 unspecified atom stereocenters. The van der Waals surface area contributed by atoms with Crippen molar-refractivity contribution in [3.05, 3.63) is 23.5 Å². The maximum atomic E-state index is 13.1. The minimum atomic E-state index is 0.192. The summed E-state index contributed by atoms with van der Waals surface area (Å²) in [4.78, 5) is 20.2. The molecule has 0 aromatic carbocycles. The van der Waals surface area contributed by atoms with E-state index in [9.17, 15) is 4.79 Å². The van der Waals surface area contributed by atoms with E-state index in [-0.39, 0.29) is 5.78 Å². The first-order valence-corrected chi connectivity index (χ1v) is 11.2. The van der Waals surface area contributed by atoms with Crippen LogP contribution in [0.25, 0.3) is 11.0 Å². The number of aromatic nitrogens is 3. The molecule has 5 nitrogen and oxygen atoms in total. The van der Waals surface area contributed by atoms with Crippen LogP contribution in [-0.2, 0) is 13.5 Å². The SMILES string of the molecule is CCN1CCC(CC(=O)c2nn(C)c3ncc(CC4CCCCC4)cc23)CC1. The summed E-state index contributed by atoms with van der Waals surface area (Å²) in [6, 6.07) is 2.19. The highest BCUT2D eigenvalue weighted by molar-refractivity contribution is 6.05. The molecule has 2 aromatic rings. The van der Waals surface area contributed by atoms with Gasteiger partial charge in [0.1, 0.15) is 5.69 Å². The molecule has 2 aliphatic rings. The molecule has 0 N–H and O–H groups in total. The van der Waals surface area contributed by atoms with Crippen LogP contribution in [0.15, 0.2) is 12.3 Å². The summed E-state index contributed by atoms with van der Waals surface area (Å²) in [6.07, 6.45) is 12.7. The molecule has 152 valence electrons. The largest absolute Gasteiger partial charge is 0.304 e. The number of aryl methyl sites for hydroxylation is 1. The fraction of sp³-hybridized carbons (Fsp3) is 0.696. The number of fused-ring (bicyclic) bond motifs is 1. The van der Waals surface area contributed by atoms with Gasteiger partial charge in [0.05, 0.1) is 5.39 Å². The summed E-state index contributed by atoms with van der Waals surface area (Å²) in [5.74, 6) is 1.45. The molecule has 28 heavy (non-hydrogen) atoms.